The van der Waals surface area contributed by atoms with Crippen molar-refractivity contribution < 1.29 is 0 Å². The van der Waals surface area contributed by atoms with E-state index >= 15 is 0 Å². The van der Waals surface area contributed by atoms with Gasteiger partial charge in [-0.2, -0.15) is 0 Å². The zero-order valence-corrected chi connectivity index (χ0v) is 10.9. The molecule has 0 bridgehead atoms. The topological polar surface area (TPSA) is 43.8 Å². The summed E-state index contributed by atoms with van der Waals surface area (Å²) in [6, 6.07) is 0. The number of aryl methyl sites for hydroxylation is 1. The molecule has 1 aromatic heterocycles. The lowest BCUT2D eigenvalue weighted by Gasteiger charge is -2.19. The fourth-order valence-corrected chi connectivity index (χ4v) is 3.27. The number of thiocarbonyl (C=S) groups is 1. The first-order valence-corrected chi connectivity index (χ1v) is 6.91. The van der Waals surface area contributed by atoms with Gasteiger partial charge in [0, 0.05) is 18.7 Å². The molecule has 0 aliphatic heterocycles. The Kier molecular flexibility index (Phi) is 2.69. The molecule has 0 unspecified atom stereocenters. The normalized spacial score (nSPS) is 20.9. The molecule has 1 saturated carbocycles. The highest BCUT2D eigenvalue weighted by molar-refractivity contribution is 7.80. The van der Waals surface area contributed by atoms with E-state index in [1.807, 2.05) is 6.33 Å². The van der Waals surface area contributed by atoms with Crippen molar-refractivity contribution in [2.24, 2.45) is 11.1 Å². The second-order valence-electron chi connectivity index (χ2n) is 5.62. The summed E-state index contributed by atoms with van der Waals surface area (Å²) in [5.41, 5.74) is 8.84. The lowest BCUT2D eigenvalue weighted by atomic mass is 9.99. The molecule has 0 amide bonds. The smallest absolute Gasteiger partial charge is 0.0951 e. The Balaban J connectivity index is 1.77. The highest BCUT2D eigenvalue weighted by Crippen LogP contribution is 2.50. The third-order valence-corrected chi connectivity index (χ3v) is 4.27. The quantitative estimate of drug-likeness (QED) is 0.832. The van der Waals surface area contributed by atoms with E-state index in [4.69, 9.17) is 18.0 Å². The Morgan fingerprint density at radius 1 is 1.41 bits per heavy atom. The van der Waals surface area contributed by atoms with Crippen LogP contribution in [0.3, 0.4) is 0 Å². The maximum absolute atomic E-state index is 5.69. The zero-order chi connectivity index (χ0) is 11.9. The SMILES string of the molecule is NC(=S)CC1(Cn2cnc3c2CCCC3)CC1. The van der Waals surface area contributed by atoms with Crippen LogP contribution in [0.1, 0.15) is 43.5 Å². The van der Waals surface area contributed by atoms with E-state index in [0.29, 0.717) is 10.4 Å². The summed E-state index contributed by atoms with van der Waals surface area (Å²) in [4.78, 5) is 5.21. The summed E-state index contributed by atoms with van der Waals surface area (Å²) in [6.07, 6.45) is 10.4. The van der Waals surface area contributed by atoms with E-state index in [-0.39, 0.29) is 0 Å². The molecule has 0 radical (unpaired) electrons. The van der Waals surface area contributed by atoms with Crippen LogP contribution in [-0.4, -0.2) is 14.5 Å². The number of aromatic nitrogens is 2. The largest absolute Gasteiger partial charge is 0.393 e. The number of hydrogen-bond acceptors (Lipinski definition) is 2. The van der Waals surface area contributed by atoms with Gasteiger partial charge < -0.3 is 10.3 Å². The fourth-order valence-electron chi connectivity index (χ4n) is 2.97. The first-order valence-electron chi connectivity index (χ1n) is 6.50. The summed E-state index contributed by atoms with van der Waals surface area (Å²) in [6.45, 7) is 1.06. The molecule has 0 spiro atoms. The molecular weight excluding hydrogens is 230 g/mol. The predicted octanol–water partition coefficient (Wildman–Crippen LogP) is 2.22. The Hall–Kier alpha value is -0.900. The predicted molar refractivity (Wildman–Crippen MR) is 71.9 cm³/mol. The highest BCUT2D eigenvalue weighted by atomic mass is 32.1. The van der Waals surface area contributed by atoms with Gasteiger partial charge in [0.1, 0.15) is 0 Å². The minimum atomic E-state index is 0.359. The molecule has 0 aromatic carbocycles. The van der Waals surface area contributed by atoms with Crippen molar-refractivity contribution in [1.29, 1.82) is 0 Å². The average molecular weight is 249 g/mol. The van der Waals surface area contributed by atoms with Crippen molar-refractivity contribution in [3.8, 4) is 0 Å². The highest BCUT2D eigenvalue weighted by Gasteiger charge is 2.43. The molecule has 1 aromatic rings. The Morgan fingerprint density at radius 3 is 2.88 bits per heavy atom. The molecule has 4 heteroatoms. The third-order valence-electron chi connectivity index (χ3n) is 4.12. The van der Waals surface area contributed by atoms with Crippen LogP contribution in [0.2, 0.25) is 0 Å². The molecule has 2 aliphatic carbocycles. The Morgan fingerprint density at radius 2 is 2.18 bits per heavy atom. The minimum absolute atomic E-state index is 0.359. The fraction of sp³-hybridized carbons (Fsp3) is 0.692. The number of nitrogens with two attached hydrogens (primary N) is 1. The summed E-state index contributed by atoms with van der Waals surface area (Å²) in [5.74, 6) is 0. The van der Waals surface area contributed by atoms with Gasteiger partial charge in [-0.05, 0) is 43.9 Å². The first-order chi connectivity index (χ1) is 8.19. The summed E-state index contributed by atoms with van der Waals surface area (Å²) in [7, 11) is 0. The van der Waals surface area contributed by atoms with Crippen LogP contribution in [-0.2, 0) is 19.4 Å². The molecule has 1 fully saturated rings. The molecule has 0 saturated heterocycles. The standard InChI is InChI=1S/C13H19N3S/c14-12(17)7-13(5-6-13)8-16-9-15-10-3-1-2-4-11(10)16/h9H,1-8H2,(H2,14,17). The molecular formula is C13H19N3S. The van der Waals surface area contributed by atoms with Crippen molar-refractivity contribution in [1.82, 2.24) is 9.55 Å². The zero-order valence-electron chi connectivity index (χ0n) is 10.1. The third kappa shape index (κ3) is 2.23. The average Bonchev–Trinajstić information content (AvgIpc) is 2.91. The van der Waals surface area contributed by atoms with Gasteiger partial charge >= 0.3 is 0 Å². The van der Waals surface area contributed by atoms with Crippen molar-refractivity contribution in [2.45, 2.75) is 51.5 Å². The van der Waals surface area contributed by atoms with Crippen LogP contribution in [0.15, 0.2) is 6.33 Å². The van der Waals surface area contributed by atoms with Crippen molar-refractivity contribution in [2.75, 3.05) is 0 Å². The minimum Gasteiger partial charge on any atom is -0.393 e. The molecule has 1 heterocycles. The van der Waals surface area contributed by atoms with E-state index < -0.39 is 0 Å². The van der Waals surface area contributed by atoms with Gasteiger partial charge in [0.2, 0.25) is 0 Å². The van der Waals surface area contributed by atoms with Gasteiger partial charge in [0.25, 0.3) is 0 Å². The monoisotopic (exact) mass is 249 g/mol. The van der Waals surface area contributed by atoms with Gasteiger partial charge in [-0.3, -0.25) is 0 Å². The lowest BCUT2D eigenvalue weighted by Crippen LogP contribution is -2.21. The van der Waals surface area contributed by atoms with Crippen LogP contribution in [0.25, 0.3) is 0 Å². The van der Waals surface area contributed by atoms with Crippen LogP contribution < -0.4 is 5.73 Å². The van der Waals surface area contributed by atoms with Crippen LogP contribution in [0.4, 0.5) is 0 Å². The first kappa shape index (κ1) is 11.2. The second-order valence-corrected chi connectivity index (χ2v) is 6.14. The van der Waals surface area contributed by atoms with Crippen molar-refractivity contribution >= 4 is 17.2 Å². The summed E-state index contributed by atoms with van der Waals surface area (Å²) in [5, 5.41) is 0. The molecule has 0 atom stereocenters. The summed E-state index contributed by atoms with van der Waals surface area (Å²) >= 11 is 5.05. The Labute approximate surface area is 107 Å². The van der Waals surface area contributed by atoms with Crippen molar-refractivity contribution in [3.63, 3.8) is 0 Å². The van der Waals surface area contributed by atoms with E-state index in [9.17, 15) is 0 Å². The molecule has 92 valence electrons. The number of nitrogens with zero attached hydrogens (tertiary/aromatic N) is 2. The van der Waals surface area contributed by atoms with Crippen molar-refractivity contribution in [3.05, 3.63) is 17.7 Å². The Bertz CT molecular complexity index is 446. The van der Waals surface area contributed by atoms with Gasteiger partial charge in [0.15, 0.2) is 0 Å². The maximum Gasteiger partial charge on any atom is 0.0951 e. The number of fused-ring (bicyclic) bond motifs is 1. The van der Waals surface area contributed by atoms with E-state index in [2.05, 4.69) is 9.55 Å². The molecule has 3 nitrogen and oxygen atoms in total. The second kappa shape index (κ2) is 4.09. The number of hydrogen-bond donors (Lipinski definition) is 1. The van der Waals surface area contributed by atoms with Crippen LogP contribution in [0, 0.1) is 5.41 Å². The van der Waals surface area contributed by atoms with Gasteiger partial charge in [-0.1, -0.05) is 12.2 Å². The molecule has 2 aliphatic rings. The van der Waals surface area contributed by atoms with Gasteiger partial charge in [-0.25, -0.2) is 4.98 Å². The molecule has 2 N–H and O–H groups in total. The number of rotatable bonds is 4. The number of imidazole rings is 1. The lowest BCUT2D eigenvalue weighted by molar-refractivity contribution is 0.426. The maximum atomic E-state index is 5.69. The summed E-state index contributed by atoms with van der Waals surface area (Å²) < 4.78 is 2.36. The van der Waals surface area contributed by atoms with Gasteiger partial charge in [0.05, 0.1) is 17.0 Å². The van der Waals surface area contributed by atoms with Crippen LogP contribution in [0.5, 0.6) is 0 Å². The molecule has 17 heavy (non-hydrogen) atoms. The molecule has 3 rings (SSSR count). The van der Waals surface area contributed by atoms with E-state index in [0.717, 1.165) is 19.4 Å². The van der Waals surface area contributed by atoms with E-state index in [1.165, 1.54) is 43.5 Å². The van der Waals surface area contributed by atoms with E-state index in [1.54, 1.807) is 0 Å². The van der Waals surface area contributed by atoms with Crippen LogP contribution >= 0.6 is 12.2 Å². The van der Waals surface area contributed by atoms with Gasteiger partial charge in [-0.15, -0.1) is 0 Å².